The molecule has 0 aromatic rings. The zero-order valence-electron chi connectivity index (χ0n) is 12.3. The molecule has 2 rings (SSSR count). The number of hydrogen-bond donors (Lipinski definition) is 2. The van der Waals surface area contributed by atoms with Gasteiger partial charge in [0.1, 0.15) is 0 Å². The van der Waals surface area contributed by atoms with Gasteiger partial charge in [-0.05, 0) is 31.6 Å². The van der Waals surface area contributed by atoms with Gasteiger partial charge in [0, 0.05) is 38.8 Å². The fourth-order valence-electron chi connectivity index (χ4n) is 3.10. The van der Waals surface area contributed by atoms with Crippen molar-refractivity contribution in [2.24, 2.45) is 11.7 Å². The van der Waals surface area contributed by atoms with E-state index in [2.05, 4.69) is 17.1 Å². The highest BCUT2D eigenvalue weighted by Gasteiger charge is 2.25. The summed E-state index contributed by atoms with van der Waals surface area (Å²) in [7, 11) is 0. The Kier molecular flexibility index (Phi) is 5.60. The largest absolute Gasteiger partial charge is 0.392 e. The maximum absolute atomic E-state index is 12.2. The Morgan fingerprint density at radius 3 is 2.60 bits per heavy atom. The summed E-state index contributed by atoms with van der Waals surface area (Å²) in [5.41, 5.74) is 5.56. The second-order valence-electron chi connectivity index (χ2n) is 6.16. The average molecular weight is 298 g/mol. The fourth-order valence-corrected chi connectivity index (χ4v) is 3.28. The molecule has 1 atom stereocenters. The molecule has 3 N–H and O–H groups in total. The highest BCUT2D eigenvalue weighted by atomic mass is 32.1. The molecule has 20 heavy (non-hydrogen) atoms. The number of likely N-dealkylation sites (tertiary alicyclic amines) is 2. The van der Waals surface area contributed by atoms with E-state index in [1.54, 1.807) is 0 Å². The van der Waals surface area contributed by atoms with Crippen LogP contribution in [-0.4, -0.2) is 59.6 Å². The Morgan fingerprint density at radius 2 is 2.00 bits per heavy atom. The van der Waals surface area contributed by atoms with Crippen LogP contribution < -0.4 is 11.1 Å². The van der Waals surface area contributed by atoms with Crippen molar-refractivity contribution in [2.45, 2.75) is 38.6 Å². The topological polar surface area (TPSA) is 61.6 Å². The van der Waals surface area contributed by atoms with Gasteiger partial charge in [0.25, 0.3) is 0 Å². The summed E-state index contributed by atoms with van der Waals surface area (Å²) >= 11 is 4.93. The lowest BCUT2D eigenvalue weighted by Gasteiger charge is -2.35. The first-order valence-corrected chi connectivity index (χ1v) is 8.01. The molecule has 0 bridgehead atoms. The van der Waals surface area contributed by atoms with Crippen molar-refractivity contribution in [3.05, 3.63) is 0 Å². The van der Waals surface area contributed by atoms with Crippen LogP contribution in [0.3, 0.4) is 0 Å². The van der Waals surface area contributed by atoms with Crippen molar-refractivity contribution in [3.8, 4) is 0 Å². The van der Waals surface area contributed by atoms with E-state index in [0.29, 0.717) is 23.5 Å². The lowest BCUT2D eigenvalue weighted by atomic mass is 10.0. The molecule has 0 saturated carbocycles. The van der Waals surface area contributed by atoms with Crippen LogP contribution >= 0.6 is 12.2 Å². The first-order valence-electron chi connectivity index (χ1n) is 7.60. The summed E-state index contributed by atoms with van der Waals surface area (Å²) in [5.74, 6) is 0.627. The lowest BCUT2D eigenvalue weighted by molar-refractivity contribution is 0.157. The summed E-state index contributed by atoms with van der Waals surface area (Å²) in [4.78, 5) is 17.0. The number of rotatable bonds is 3. The molecular formula is C14H26N4OS. The molecule has 2 heterocycles. The number of nitrogens with one attached hydrogen (secondary N) is 1. The molecule has 2 saturated heterocycles. The second kappa shape index (κ2) is 7.22. The van der Waals surface area contributed by atoms with E-state index in [0.717, 1.165) is 45.4 Å². The quantitative estimate of drug-likeness (QED) is 0.768. The van der Waals surface area contributed by atoms with Crippen LogP contribution in [0.4, 0.5) is 4.79 Å². The maximum atomic E-state index is 12.2. The van der Waals surface area contributed by atoms with E-state index < -0.39 is 0 Å². The lowest BCUT2D eigenvalue weighted by Crippen LogP contribution is -2.51. The zero-order valence-corrected chi connectivity index (χ0v) is 13.1. The Morgan fingerprint density at radius 1 is 1.30 bits per heavy atom. The summed E-state index contributed by atoms with van der Waals surface area (Å²) in [5, 5.41) is 3.18. The SMILES string of the molecule is CC1CCCN(C(=O)NC2CCN(CC(N)=S)CC2)C1. The number of nitrogens with zero attached hydrogens (tertiary/aromatic N) is 2. The molecule has 0 aliphatic carbocycles. The van der Waals surface area contributed by atoms with E-state index in [1.807, 2.05) is 4.90 Å². The first kappa shape index (κ1) is 15.5. The van der Waals surface area contributed by atoms with Gasteiger partial charge >= 0.3 is 6.03 Å². The van der Waals surface area contributed by atoms with Gasteiger partial charge in [-0.1, -0.05) is 19.1 Å². The molecule has 5 nitrogen and oxygen atoms in total. The number of carbonyl (C=O) groups is 1. The number of nitrogens with two attached hydrogens (primary N) is 1. The minimum absolute atomic E-state index is 0.115. The Labute approximate surface area is 126 Å². The number of piperidine rings is 2. The van der Waals surface area contributed by atoms with E-state index in [1.165, 1.54) is 6.42 Å². The van der Waals surface area contributed by atoms with Crippen LogP contribution in [0.25, 0.3) is 0 Å². The van der Waals surface area contributed by atoms with Gasteiger partial charge in [0.15, 0.2) is 0 Å². The molecule has 6 heteroatoms. The normalized spacial score (nSPS) is 25.4. The standard InChI is InChI=1S/C14H26N4OS/c1-11-3-2-6-18(9-11)14(19)16-12-4-7-17(8-5-12)10-13(15)20/h11-12H,2-10H2,1H3,(H2,15,20)(H,16,19). The van der Waals surface area contributed by atoms with E-state index >= 15 is 0 Å². The minimum Gasteiger partial charge on any atom is -0.392 e. The molecule has 0 radical (unpaired) electrons. The van der Waals surface area contributed by atoms with Crippen LogP contribution in [0.2, 0.25) is 0 Å². The van der Waals surface area contributed by atoms with Gasteiger partial charge < -0.3 is 16.0 Å². The number of amides is 2. The summed E-state index contributed by atoms with van der Waals surface area (Å²) in [6.45, 7) is 6.62. The highest BCUT2D eigenvalue weighted by Crippen LogP contribution is 2.16. The molecule has 0 spiro atoms. The monoisotopic (exact) mass is 298 g/mol. The van der Waals surface area contributed by atoms with E-state index in [4.69, 9.17) is 18.0 Å². The average Bonchev–Trinajstić information content (AvgIpc) is 2.40. The van der Waals surface area contributed by atoms with Crippen LogP contribution in [0.15, 0.2) is 0 Å². The van der Waals surface area contributed by atoms with Crippen molar-refractivity contribution in [3.63, 3.8) is 0 Å². The van der Waals surface area contributed by atoms with Gasteiger partial charge in [0.2, 0.25) is 0 Å². The molecular weight excluding hydrogens is 272 g/mol. The summed E-state index contributed by atoms with van der Waals surface area (Å²) in [6, 6.07) is 0.409. The minimum atomic E-state index is 0.115. The number of urea groups is 1. The number of carbonyl (C=O) groups excluding carboxylic acids is 1. The van der Waals surface area contributed by atoms with E-state index in [-0.39, 0.29) is 6.03 Å². The fraction of sp³-hybridized carbons (Fsp3) is 0.857. The van der Waals surface area contributed by atoms with Crippen LogP contribution in [0.1, 0.15) is 32.6 Å². The molecule has 2 fully saturated rings. The van der Waals surface area contributed by atoms with Gasteiger partial charge in [0.05, 0.1) is 4.99 Å². The van der Waals surface area contributed by atoms with Gasteiger partial charge in [-0.3, -0.25) is 4.90 Å². The zero-order chi connectivity index (χ0) is 14.5. The van der Waals surface area contributed by atoms with Gasteiger partial charge in [-0.2, -0.15) is 0 Å². The van der Waals surface area contributed by atoms with Crippen molar-refractivity contribution in [2.75, 3.05) is 32.7 Å². The van der Waals surface area contributed by atoms with Crippen LogP contribution in [-0.2, 0) is 0 Å². The third kappa shape index (κ3) is 4.59. The maximum Gasteiger partial charge on any atom is 0.317 e. The van der Waals surface area contributed by atoms with Crippen molar-refractivity contribution < 1.29 is 4.79 Å². The molecule has 0 aromatic carbocycles. The molecule has 2 aliphatic rings. The Hall–Kier alpha value is -0.880. The number of hydrogen-bond acceptors (Lipinski definition) is 3. The second-order valence-corrected chi connectivity index (χ2v) is 6.68. The molecule has 2 aliphatic heterocycles. The van der Waals surface area contributed by atoms with Gasteiger partial charge in [-0.25, -0.2) is 4.79 Å². The van der Waals surface area contributed by atoms with Crippen LogP contribution in [0, 0.1) is 5.92 Å². The third-order valence-electron chi connectivity index (χ3n) is 4.24. The molecule has 114 valence electrons. The van der Waals surface area contributed by atoms with Crippen molar-refractivity contribution in [1.29, 1.82) is 0 Å². The summed E-state index contributed by atoms with van der Waals surface area (Å²) < 4.78 is 0. The molecule has 0 aromatic heterocycles. The van der Waals surface area contributed by atoms with Crippen molar-refractivity contribution >= 4 is 23.2 Å². The van der Waals surface area contributed by atoms with Crippen molar-refractivity contribution in [1.82, 2.24) is 15.1 Å². The molecule has 2 amide bonds. The van der Waals surface area contributed by atoms with Gasteiger partial charge in [-0.15, -0.1) is 0 Å². The Balaban J connectivity index is 1.72. The smallest absolute Gasteiger partial charge is 0.317 e. The van der Waals surface area contributed by atoms with E-state index in [9.17, 15) is 4.79 Å². The predicted octanol–water partition coefficient (Wildman–Crippen LogP) is 1.18. The summed E-state index contributed by atoms with van der Waals surface area (Å²) in [6.07, 6.45) is 4.33. The van der Waals surface area contributed by atoms with Crippen LogP contribution in [0.5, 0.6) is 0 Å². The highest BCUT2D eigenvalue weighted by molar-refractivity contribution is 7.80. The Bertz CT molecular complexity index is 355. The molecule has 1 unspecified atom stereocenters. The third-order valence-corrected chi connectivity index (χ3v) is 4.37. The predicted molar refractivity (Wildman–Crippen MR) is 84.8 cm³/mol. The first-order chi connectivity index (χ1) is 9.54. The number of thiocarbonyl (C=S) groups is 1.